The SMILES string of the molecule is NCc1cn(-c2cncc(Cl)c2)cn1. The van der Waals surface area contributed by atoms with Gasteiger partial charge in [0, 0.05) is 18.9 Å². The van der Waals surface area contributed by atoms with Crippen LogP contribution in [0.25, 0.3) is 5.69 Å². The first-order valence-corrected chi connectivity index (χ1v) is 4.51. The number of hydrogen-bond acceptors (Lipinski definition) is 3. The zero-order valence-electron chi connectivity index (χ0n) is 7.39. The van der Waals surface area contributed by atoms with Crippen LogP contribution in [0.4, 0.5) is 0 Å². The van der Waals surface area contributed by atoms with Crippen molar-refractivity contribution in [3.63, 3.8) is 0 Å². The summed E-state index contributed by atoms with van der Waals surface area (Å²) in [4.78, 5) is 8.09. The van der Waals surface area contributed by atoms with Gasteiger partial charge in [-0.1, -0.05) is 11.6 Å². The zero-order chi connectivity index (χ0) is 9.97. The average molecular weight is 209 g/mol. The normalized spacial score (nSPS) is 10.4. The van der Waals surface area contributed by atoms with Gasteiger partial charge in [0.2, 0.25) is 0 Å². The highest BCUT2D eigenvalue weighted by molar-refractivity contribution is 6.30. The van der Waals surface area contributed by atoms with Crippen molar-refractivity contribution in [3.05, 3.63) is 41.7 Å². The third-order valence-corrected chi connectivity index (χ3v) is 2.04. The van der Waals surface area contributed by atoms with Crippen LogP contribution in [-0.4, -0.2) is 14.5 Å². The first kappa shape index (κ1) is 9.18. The van der Waals surface area contributed by atoms with Crippen LogP contribution in [0.1, 0.15) is 5.69 Å². The molecule has 14 heavy (non-hydrogen) atoms. The molecule has 2 N–H and O–H groups in total. The number of aromatic nitrogens is 3. The van der Waals surface area contributed by atoms with Crippen LogP contribution in [0.5, 0.6) is 0 Å². The van der Waals surface area contributed by atoms with Crippen LogP contribution in [0.15, 0.2) is 31.0 Å². The van der Waals surface area contributed by atoms with Crippen LogP contribution in [0.3, 0.4) is 0 Å². The van der Waals surface area contributed by atoms with Gasteiger partial charge in [0.05, 0.1) is 28.9 Å². The van der Waals surface area contributed by atoms with Crippen molar-refractivity contribution in [2.45, 2.75) is 6.54 Å². The molecule has 0 radical (unpaired) electrons. The molecule has 4 nitrogen and oxygen atoms in total. The number of pyridine rings is 1. The van der Waals surface area contributed by atoms with E-state index in [9.17, 15) is 0 Å². The van der Waals surface area contributed by atoms with Crippen LogP contribution >= 0.6 is 11.6 Å². The van der Waals surface area contributed by atoms with Crippen molar-refractivity contribution in [2.75, 3.05) is 0 Å². The van der Waals surface area contributed by atoms with E-state index in [0.717, 1.165) is 11.4 Å². The van der Waals surface area contributed by atoms with E-state index in [4.69, 9.17) is 17.3 Å². The molecular weight excluding hydrogens is 200 g/mol. The Morgan fingerprint density at radius 2 is 2.29 bits per heavy atom. The third-order valence-electron chi connectivity index (χ3n) is 1.83. The number of halogens is 1. The Bertz CT molecular complexity index is 438. The first-order valence-electron chi connectivity index (χ1n) is 4.13. The molecule has 0 spiro atoms. The van der Waals surface area contributed by atoms with Crippen LogP contribution in [-0.2, 0) is 6.54 Å². The van der Waals surface area contributed by atoms with Gasteiger partial charge in [-0.05, 0) is 6.07 Å². The summed E-state index contributed by atoms with van der Waals surface area (Å²) in [5.74, 6) is 0. The van der Waals surface area contributed by atoms with Gasteiger partial charge in [-0.25, -0.2) is 4.98 Å². The number of nitrogens with two attached hydrogens (primary N) is 1. The Kier molecular flexibility index (Phi) is 2.47. The van der Waals surface area contributed by atoms with Crippen molar-refractivity contribution in [2.24, 2.45) is 5.73 Å². The summed E-state index contributed by atoms with van der Waals surface area (Å²) in [5.41, 5.74) is 7.17. The van der Waals surface area contributed by atoms with Crippen molar-refractivity contribution >= 4 is 11.6 Å². The summed E-state index contributed by atoms with van der Waals surface area (Å²) >= 11 is 5.81. The van der Waals surface area contributed by atoms with E-state index in [2.05, 4.69) is 9.97 Å². The van der Waals surface area contributed by atoms with Crippen LogP contribution < -0.4 is 5.73 Å². The highest BCUT2D eigenvalue weighted by Gasteiger charge is 1.99. The fraction of sp³-hybridized carbons (Fsp3) is 0.111. The largest absolute Gasteiger partial charge is 0.325 e. The minimum atomic E-state index is 0.432. The lowest BCUT2D eigenvalue weighted by atomic mass is 10.4. The second-order valence-electron chi connectivity index (χ2n) is 2.84. The highest BCUT2D eigenvalue weighted by Crippen LogP contribution is 2.12. The van der Waals surface area contributed by atoms with Crippen molar-refractivity contribution < 1.29 is 0 Å². The number of imidazole rings is 1. The van der Waals surface area contributed by atoms with E-state index in [1.165, 1.54) is 0 Å². The molecular formula is C9H9ClN4. The van der Waals surface area contributed by atoms with Gasteiger partial charge in [0.1, 0.15) is 0 Å². The lowest BCUT2D eigenvalue weighted by Gasteiger charge is -2.00. The molecule has 0 aliphatic rings. The summed E-state index contributed by atoms with van der Waals surface area (Å²) in [6, 6.07) is 1.82. The number of nitrogens with zero attached hydrogens (tertiary/aromatic N) is 3. The summed E-state index contributed by atoms with van der Waals surface area (Å²) in [5, 5.41) is 0.602. The summed E-state index contributed by atoms with van der Waals surface area (Å²) in [6.45, 7) is 0.432. The van der Waals surface area contributed by atoms with E-state index in [-0.39, 0.29) is 0 Å². The fourth-order valence-electron chi connectivity index (χ4n) is 1.15. The molecule has 2 aromatic rings. The maximum Gasteiger partial charge on any atom is 0.0996 e. The molecule has 2 aromatic heterocycles. The smallest absolute Gasteiger partial charge is 0.0996 e. The van der Waals surface area contributed by atoms with E-state index >= 15 is 0 Å². The highest BCUT2D eigenvalue weighted by atomic mass is 35.5. The molecule has 0 unspecified atom stereocenters. The number of rotatable bonds is 2. The van der Waals surface area contributed by atoms with E-state index < -0.39 is 0 Å². The van der Waals surface area contributed by atoms with Gasteiger partial charge in [0.15, 0.2) is 0 Å². The van der Waals surface area contributed by atoms with Crippen molar-refractivity contribution in [1.82, 2.24) is 14.5 Å². The van der Waals surface area contributed by atoms with Gasteiger partial charge in [-0.2, -0.15) is 0 Å². The van der Waals surface area contributed by atoms with Crippen molar-refractivity contribution in [3.8, 4) is 5.69 Å². The van der Waals surface area contributed by atoms with E-state index in [1.807, 2.05) is 16.8 Å². The molecule has 0 saturated carbocycles. The van der Waals surface area contributed by atoms with Crippen LogP contribution in [0, 0.1) is 0 Å². The molecule has 72 valence electrons. The molecule has 0 fully saturated rings. The third kappa shape index (κ3) is 1.76. The van der Waals surface area contributed by atoms with Crippen molar-refractivity contribution in [1.29, 1.82) is 0 Å². The second-order valence-corrected chi connectivity index (χ2v) is 3.27. The Morgan fingerprint density at radius 3 is 2.93 bits per heavy atom. The summed E-state index contributed by atoms with van der Waals surface area (Å²) in [7, 11) is 0. The maximum absolute atomic E-state index is 5.81. The molecule has 0 amide bonds. The summed E-state index contributed by atoms with van der Waals surface area (Å²) in [6.07, 6.45) is 6.85. The average Bonchev–Trinajstić information content (AvgIpc) is 2.66. The van der Waals surface area contributed by atoms with Gasteiger partial charge >= 0.3 is 0 Å². The molecule has 0 bridgehead atoms. The number of hydrogen-bond donors (Lipinski definition) is 1. The lowest BCUT2D eigenvalue weighted by molar-refractivity contribution is 1.01. The maximum atomic E-state index is 5.81. The zero-order valence-corrected chi connectivity index (χ0v) is 8.15. The lowest BCUT2D eigenvalue weighted by Crippen LogP contribution is -1.96. The molecule has 0 saturated heterocycles. The van der Waals surface area contributed by atoms with Gasteiger partial charge < -0.3 is 10.3 Å². The second kappa shape index (κ2) is 3.77. The summed E-state index contributed by atoms with van der Waals surface area (Å²) < 4.78 is 1.83. The monoisotopic (exact) mass is 208 g/mol. The Morgan fingerprint density at radius 1 is 1.43 bits per heavy atom. The minimum absolute atomic E-state index is 0.432. The molecule has 0 aliphatic heterocycles. The van der Waals surface area contributed by atoms with Gasteiger partial charge in [0.25, 0.3) is 0 Å². The Hall–Kier alpha value is -1.39. The molecule has 0 aromatic carbocycles. The Balaban J connectivity index is 2.39. The predicted octanol–water partition coefficient (Wildman–Crippen LogP) is 1.38. The molecule has 0 atom stereocenters. The topological polar surface area (TPSA) is 56.7 Å². The van der Waals surface area contributed by atoms with Gasteiger partial charge in [-0.3, -0.25) is 4.98 Å². The fourth-order valence-corrected chi connectivity index (χ4v) is 1.32. The quantitative estimate of drug-likeness (QED) is 0.811. The molecule has 2 heterocycles. The minimum Gasteiger partial charge on any atom is -0.325 e. The molecule has 2 rings (SSSR count). The molecule has 5 heteroatoms. The van der Waals surface area contributed by atoms with E-state index in [1.54, 1.807) is 18.7 Å². The standard InChI is InChI=1S/C9H9ClN4/c10-7-1-9(4-12-3-7)14-5-8(2-11)13-6-14/h1,3-6H,2,11H2. The van der Waals surface area contributed by atoms with Crippen LogP contribution in [0.2, 0.25) is 5.02 Å². The predicted molar refractivity (Wildman–Crippen MR) is 54.3 cm³/mol. The molecule has 0 aliphatic carbocycles. The first-order chi connectivity index (χ1) is 6.79. The Labute approximate surface area is 86.4 Å². The van der Waals surface area contributed by atoms with Gasteiger partial charge in [-0.15, -0.1) is 0 Å². The van der Waals surface area contributed by atoms with E-state index in [0.29, 0.717) is 11.6 Å².